The first kappa shape index (κ1) is 15.0. The molecular weight excluding hydrogens is 268 g/mol. The molecule has 0 heterocycles. The molecule has 0 saturated heterocycles. The summed E-state index contributed by atoms with van der Waals surface area (Å²) < 4.78 is 0. The third-order valence-corrected chi connectivity index (χ3v) is 3.93. The second kappa shape index (κ2) is 7.44. The summed E-state index contributed by atoms with van der Waals surface area (Å²) in [5.74, 6) is 5.67. The Morgan fingerprint density at radius 1 is 1.10 bits per heavy atom. The minimum absolute atomic E-state index is 0.233. The molecule has 2 nitrogen and oxygen atoms in total. The lowest BCUT2D eigenvalue weighted by Gasteiger charge is -2.16. The molecule has 0 saturated carbocycles. The summed E-state index contributed by atoms with van der Waals surface area (Å²) in [7, 11) is 0. The molecule has 0 fully saturated rings. The smallest absolute Gasteiger partial charge is 0.0438 e. The molecule has 0 radical (unpaired) electrons. The Morgan fingerprint density at radius 2 is 1.80 bits per heavy atom. The largest absolute Gasteiger partial charge is 0.271 e. The Morgan fingerprint density at radius 3 is 2.45 bits per heavy atom. The summed E-state index contributed by atoms with van der Waals surface area (Å²) in [4.78, 5) is 0. The van der Waals surface area contributed by atoms with E-state index < -0.39 is 0 Å². The number of benzene rings is 2. The molecule has 2 rings (SSSR count). The molecule has 0 spiro atoms. The van der Waals surface area contributed by atoms with Crippen LogP contribution in [-0.4, -0.2) is 6.04 Å². The van der Waals surface area contributed by atoms with E-state index in [4.69, 9.17) is 17.4 Å². The summed E-state index contributed by atoms with van der Waals surface area (Å²) in [5, 5.41) is 0.808. The van der Waals surface area contributed by atoms with Gasteiger partial charge in [-0.2, -0.15) is 0 Å². The van der Waals surface area contributed by atoms with Crippen LogP contribution in [-0.2, 0) is 12.8 Å². The van der Waals surface area contributed by atoms with E-state index in [0.29, 0.717) is 0 Å². The van der Waals surface area contributed by atoms with Crippen LogP contribution in [0.4, 0.5) is 0 Å². The van der Waals surface area contributed by atoms with Crippen LogP contribution >= 0.6 is 11.6 Å². The van der Waals surface area contributed by atoms with Crippen LogP contribution in [0.25, 0.3) is 0 Å². The van der Waals surface area contributed by atoms with Gasteiger partial charge >= 0.3 is 0 Å². The predicted molar refractivity (Wildman–Crippen MR) is 85.8 cm³/mol. The SMILES string of the molecule is Cc1ccc(CCC(Cc2ccccc2Cl)NN)cc1. The number of halogens is 1. The number of hydrogen-bond donors (Lipinski definition) is 2. The molecule has 1 atom stereocenters. The van der Waals surface area contributed by atoms with Crippen LogP contribution in [0.1, 0.15) is 23.1 Å². The normalized spacial score (nSPS) is 12.3. The van der Waals surface area contributed by atoms with E-state index in [1.165, 1.54) is 11.1 Å². The number of hydrogen-bond acceptors (Lipinski definition) is 2. The van der Waals surface area contributed by atoms with Crippen molar-refractivity contribution in [3.05, 3.63) is 70.2 Å². The number of nitrogens with one attached hydrogen (secondary N) is 1. The van der Waals surface area contributed by atoms with Crippen molar-refractivity contribution in [1.29, 1.82) is 0 Å². The fourth-order valence-electron chi connectivity index (χ4n) is 2.27. The Hall–Kier alpha value is -1.35. The molecule has 1 unspecified atom stereocenters. The minimum atomic E-state index is 0.233. The van der Waals surface area contributed by atoms with Crippen molar-refractivity contribution < 1.29 is 0 Å². The summed E-state index contributed by atoms with van der Waals surface area (Å²) in [6.07, 6.45) is 2.85. The van der Waals surface area contributed by atoms with Crippen LogP contribution in [0, 0.1) is 6.92 Å². The highest BCUT2D eigenvalue weighted by Gasteiger charge is 2.10. The zero-order chi connectivity index (χ0) is 14.4. The summed E-state index contributed by atoms with van der Waals surface area (Å²) in [6.45, 7) is 2.10. The van der Waals surface area contributed by atoms with Gasteiger partial charge in [0.1, 0.15) is 0 Å². The quantitative estimate of drug-likeness (QED) is 0.629. The Kier molecular flexibility index (Phi) is 5.60. The maximum atomic E-state index is 6.19. The molecule has 2 aromatic rings. The molecule has 0 aromatic heterocycles. The molecule has 20 heavy (non-hydrogen) atoms. The summed E-state index contributed by atoms with van der Waals surface area (Å²) in [6, 6.07) is 16.8. The number of rotatable bonds is 6. The van der Waals surface area contributed by atoms with Crippen molar-refractivity contribution >= 4 is 11.6 Å². The maximum absolute atomic E-state index is 6.19. The molecule has 106 valence electrons. The lowest BCUT2D eigenvalue weighted by Crippen LogP contribution is -2.37. The zero-order valence-electron chi connectivity index (χ0n) is 11.8. The van der Waals surface area contributed by atoms with Gasteiger partial charge in [0.05, 0.1) is 0 Å². The van der Waals surface area contributed by atoms with E-state index in [-0.39, 0.29) is 6.04 Å². The van der Waals surface area contributed by atoms with Crippen LogP contribution in [0.3, 0.4) is 0 Å². The van der Waals surface area contributed by atoms with Gasteiger partial charge in [0, 0.05) is 11.1 Å². The van der Waals surface area contributed by atoms with Crippen LogP contribution < -0.4 is 11.3 Å². The summed E-state index contributed by atoms with van der Waals surface area (Å²) >= 11 is 6.19. The average Bonchev–Trinajstić information content (AvgIpc) is 2.47. The molecule has 0 amide bonds. The third kappa shape index (κ3) is 4.34. The predicted octanol–water partition coefficient (Wildman–Crippen LogP) is 3.66. The van der Waals surface area contributed by atoms with Gasteiger partial charge in [-0.25, -0.2) is 0 Å². The molecule has 2 aromatic carbocycles. The zero-order valence-corrected chi connectivity index (χ0v) is 12.5. The van der Waals surface area contributed by atoms with Crippen LogP contribution in [0.2, 0.25) is 5.02 Å². The second-order valence-corrected chi connectivity index (χ2v) is 5.59. The molecular formula is C17H21ClN2. The topological polar surface area (TPSA) is 38.0 Å². The van der Waals surface area contributed by atoms with Crippen molar-refractivity contribution in [2.24, 2.45) is 5.84 Å². The van der Waals surface area contributed by atoms with E-state index in [1.807, 2.05) is 18.2 Å². The second-order valence-electron chi connectivity index (χ2n) is 5.18. The molecule has 3 N–H and O–H groups in total. The molecule has 0 aliphatic rings. The average molecular weight is 289 g/mol. The molecule has 0 aliphatic carbocycles. The van der Waals surface area contributed by atoms with Gasteiger partial charge in [0.25, 0.3) is 0 Å². The molecule has 3 heteroatoms. The first-order valence-corrected chi connectivity index (χ1v) is 7.32. The van der Waals surface area contributed by atoms with Crippen molar-refractivity contribution in [3.8, 4) is 0 Å². The molecule has 0 bridgehead atoms. The lowest BCUT2D eigenvalue weighted by molar-refractivity contribution is 0.491. The Labute approximate surface area is 125 Å². The minimum Gasteiger partial charge on any atom is -0.271 e. The van der Waals surface area contributed by atoms with Gasteiger partial charge in [-0.3, -0.25) is 11.3 Å². The maximum Gasteiger partial charge on any atom is 0.0438 e. The van der Waals surface area contributed by atoms with Gasteiger partial charge in [-0.1, -0.05) is 59.6 Å². The van der Waals surface area contributed by atoms with Gasteiger partial charge < -0.3 is 0 Å². The Bertz CT molecular complexity index is 537. The Balaban J connectivity index is 1.92. The number of aryl methyl sites for hydroxylation is 2. The van der Waals surface area contributed by atoms with E-state index in [0.717, 1.165) is 29.8 Å². The monoisotopic (exact) mass is 288 g/mol. The van der Waals surface area contributed by atoms with Gasteiger partial charge in [0.2, 0.25) is 0 Å². The first-order chi connectivity index (χ1) is 9.69. The fourth-order valence-corrected chi connectivity index (χ4v) is 2.48. The highest BCUT2D eigenvalue weighted by Crippen LogP contribution is 2.18. The summed E-state index contributed by atoms with van der Waals surface area (Å²) in [5.41, 5.74) is 6.67. The van der Waals surface area contributed by atoms with Gasteiger partial charge in [-0.05, 0) is 43.4 Å². The van der Waals surface area contributed by atoms with Crippen molar-refractivity contribution in [3.63, 3.8) is 0 Å². The van der Waals surface area contributed by atoms with E-state index in [9.17, 15) is 0 Å². The number of hydrazine groups is 1. The van der Waals surface area contributed by atoms with E-state index in [2.05, 4.69) is 42.7 Å². The first-order valence-electron chi connectivity index (χ1n) is 6.94. The van der Waals surface area contributed by atoms with Crippen LogP contribution in [0.15, 0.2) is 48.5 Å². The van der Waals surface area contributed by atoms with E-state index in [1.54, 1.807) is 0 Å². The third-order valence-electron chi connectivity index (χ3n) is 3.56. The molecule has 0 aliphatic heterocycles. The van der Waals surface area contributed by atoms with Gasteiger partial charge in [0.15, 0.2) is 0 Å². The number of nitrogens with two attached hydrogens (primary N) is 1. The highest BCUT2D eigenvalue weighted by atomic mass is 35.5. The standard InChI is InChI=1S/C17H21ClN2/c1-13-6-8-14(9-7-13)10-11-16(20-19)12-15-4-2-3-5-17(15)18/h2-9,16,20H,10-12,19H2,1H3. The van der Waals surface area contributed by atoms with Gasteiger partial charge in [-0.15, -0.1) is 0 Å². The van der Waals surface area contributed by atoms with Crippen molar-refractivity contribution in [2.75, 3.05) is 0 Å². The van der Waals surface area contributed by atoms with Crippen LogP contribution in [0.5, 0.6) is 0 Å². The van der Waals surface area contributed by atoms with Crippen molar-refractivity contribution in [2.45, 2.75) is 32.2 Å². The fraction of sp³-hybridized carbons (Fsp3) is 0.294. The van der Waals surface area contributed by atoms with E-state index >= 15 is 0 Å². The van der Waals surface area contributed by atoms with Crippen molar-refractivity contribution in [1.82, 2.24) is 5.43 Å². The highest BCUT2D eigenvalue weighted by molar-refractivity contribution is 6.31. The lowest BCUT2D eigenvalue weighted by atomic mass is 9.99.